The van der Waals surface area contributed by atoms with Crippen molar-refractivity contribution in [1.29, 1.82) is 0 Å². The third-order valence-electron chi connectivity index (χ3n) is 4.79. The van der Waals surface area contributed by atoms with E-state index in [-0.39, 0.29) is 6.10 Å². The van der Waals surface area contributed by atoms with Crippen molar-refractivity contribution in [3.63, 3.8) is 0 Å². The van der Waals surface area contributed by atoms with Gasteiger partial charge in [0.15, 0.2) is 0 Å². The van der Waals surface area contributed by atoms with Crippen LogP contribution in [0.25, 0.3) is 21.5 Å². The Bertz CT molecular complexity index is 1020. The van der Waals surface area contributed by atoms with E-state index in [2.05, 4.69) is 64.1 Å². The molecule has 0 aliphatic heterocycles. The van der Waals surface area contributed by atoms with Crippen molar-refractivity contribution < 1.29 is 5.11 Å². The van der Waals surface area contributed by atoms with Crippen LogP contribution in [0.15, 0.2) is 67.1 Å². The second-order valence-corrected chi connectivity index (χ2v) is 6.74. The van der Waals surface area contributed by atoms with Crippen LogP contribution in [-0.4, -0.2) is 20.8 Å². The van der Waals surface area contributed by atoms with Crippen molar-refractivity contribution in [2.45, 2.75) is 32.4 Å². The van der Waals surface area contributed by atoms with E-state index in [0.29, 0.717) is 0 Å². The second kappa shape index (κ2) is 6.69. The molecular weight excluding hydrogens is 308 g/mol. The first-order chi connectivity index (χ1) is 12.2. The van der Waals surface area contributed by atoms with E-state index >= 15 is 0 Å². The van der Waals surface area contributed by atoms with Crippen LogP contribution in [0, 0.1) is 0 Å². The van der Waals surface area contributed by atoms with Gasteiger partial charge in [-0.05, 0) is 59.0 Å². The quantitative estimate of drug-likeness (QED) is 0.545. The number of hydrogen-bond donors (Lipinski definition) is 1. The summed E-state index contributed by atoms with van der Waals surface area (Å²) in [5.74, 6) is 0. The van der Waals surface area contributed by atoms with Crippen molar-refractivity contribution in [2.75, 3.05) is 0 Å². The summed E-state index contributed by atoms with van der Waals surface area (Å²) in [6.07, 6.45) is 5.10. The lowest BCUT2D eigenvalue weighted by Crippen LogP contribution is -2.07. The van der Waals surface area contributed by atoms with Gasteiger partial charge in [-0.25, -0.2) is 4.98 Å². The Balaban J connectivity index is 1.72. The topological polar surface area (TPSA) is 38.1 Å². The summed E-state index contributed by atoms with van der Waals surface area (Å²) < 4.78 is 2.19. The molecule has 1 heterocycles. The van der Waals surface area contributed by atoms with Crippen molar-refractivity contribution in [3.8, 4) is 0 Å². The van der Waals surface area contributed by atoms with Gasteiger partial charge in [-0.15, -0.1) is 0 Å². The van der Waals surface area contributed by atoms with E-state index in [1.807, 2.05) is 19.4 Å². The number of imidazole rings is 1. The molecule has 3 nitrogen and oxygen atoms in total. The Morgan fingerprint density at radius 2 is 1.76 bits per heavy atom. The van der Waals surface area contributed by atoms with Gasteiger partial charge < -0.3 is 9.67 Å². The third kappa shape index (κ3) is 3.28. The summed E-state index contributed by atoms with van der Waals surface area (Å²) in [6, 6.07) is 19.5. The van der Waals surface area contributed by atoms with Crippen molar-refractivity contribution in [1.82, 2.24) is 9.55 Å². The van der Waals surface area contributed by atoms with Gasteiger partial charge >= 0.3 is 0 Å². The summed E-state index contributed by atoms with van der Waals surface area (Å²) in [6.45, 7) is 2.63. The predicted molar refractivity (Wildman–Crippen MR) is 103 cm³/mol. The number of nitrogens with zero attached hydrogens (tertiary/aromatic N) is 2. The number of aliphatic hydroxyl groups is 1. The lowest BCUT2D eigenvalue weighted by molar-refractivity contribution is 0.184. The molecule has 0 spiro atoms. The highest BCUT2D eigenvalue weighted by atomic mass is 16.3. The fraction of sp³-hybridized carbons (Fsp3) is 0.227. The van der Waals surface area contributed by atoms with Gasteiger partial charge in [0, 0.05) is 18.4 Å². The van der Waals surface area contributed by atoms with Crippen LogP contribution in [-0.2, 0) is 13.0 Å². The Morgan fingerprint density at radius 3 is 2.56 bits per heavy atom. The van der Waals surface area contributed by atoms with Crippen LogP contribution in [0.2, 0.25) is 0 Å². The molecule has 126 valence electrons. The number of aromatic nitrogens is 2. The summed E-state index contributed by atoms with van der Waals surface area (Å²) in [5, 5.41) is 14.6. The van der Waals surface area contributed by atoms with Gasteiger partial charge in [-0.3, -0.25) is 0 Å². The van der Waals surface area contributed by atoms with Crippen LogP contribution < -0.4 is 0 Å². The zero-order valence-electron chi connectivity index (χ0n) is 14.4. The minimum absolute atomic E-state index is 0.285. The summed E-state index contributed by atoms with van der Waals surface area (Å²) in [7, 11) is 0. The molecule has 0 bridgehead atoms. The largest absolute Gasteiger partial charge is 0.393 e. The molecule has 0 saturated carbocycles. The zero-order chi connectivity index (χ0) is 17.2. The molecule has 0 aliphatic rings. The molecule has 1 N–H and O–H groups in total. The number of rotatable bonds is 5. The maximum Gasteiger partial charge on any atom is 0.0951 e. The van der Waals surface area contributed by atoms with Gasteiger partial charge in [0.25, 0.3) is 0 Å². The fourth-order valence-corrected chi connectivity index (χ4v) is 3.41. The number of benzene rings is 3. The highest BCUT2D eigenvalue weighted by Gasteiger charge is 2.08. The minimum Gasteiger partial charge on any atom is -0.393 e. The molecule has 0 fully saturated rings. The maximum atomic E-state index is 9.54. The van der Waals surface area contributed by atoms with Crippen LogP contribution >= 0.6 is 0 Å². The molecule has 3 heteroatoms. The predicted octanol–water partition coefficient (Wildman–Crippen LogP) is 4.55. The van der Waals surface area contributed by atoms with E-state index < -0.39 is 0 Å². The Labute approximate surface area is 147 Å². The molecule has 0 amide bonds. The molecule has 3 aromatic carbocycles. The van der Waals surface area contributed by atoms with Crippen molar-refractivity contribution in [2.24, 2.45) is 0 Å². The van der Waals surface area contributed by atoms with E-state index in [0.717, 1.165) is 19.4 Å². The van der Waals surface area contributed by atoms with Gasteiger partial charge in [0.2, 0.25) is 0 Å². The van der Waals surface area contributed by atoms with Crippen molar-refractivity contribution >= 4 is 21.5 Å². The monoisotopic (exact) mass is 330 g/mol. The number of fused-ring (bicyclic) bond motifs is 2. The molecule has 4 rings (SSSR count). The van der Waals surface area contributed by atoms with Crippen LogP contribution in [0.3, 0.4) is 0 Å². The fourth-order valence-electron chi connectivity index (χ4n) is 3.41. The Kier molecular flexibility index (Phi) is 4.24. The number of hydrogen-bond acceptors (Lipinski definition) is 2. The van der Waals surface area contributed by atoms with E-state index in [9.17, 15) is 5.11 Å². The molecule has 1 atom stereocenters. The van der Waals surface area contributed by atoms with Crippen LogP contribution in [0.5, 0.6) is 0 Å². The molecule has 0 radical (unpaired) electrons. The molecular formula is C22H22N2O. The summed E-state index contributed by atoms with van der Waals surface area (Å²) in [4.78, 5) is 4.31. The van der Waals surface area contributed by atoms with Gasteiger partial charge in [-0.1, -0.05) is 42.5 Å². The smallest absolute Gasteiger partial charge is 0.0951 e. The standard InChI is InChI=1S/C22H22N2O/c1-16(25)9-10-21-13-23-15-24(21)14-20-8-4-7-19-11-17-5-2-3-6-18(17)12-22(19)20/h2-8,11-13,15-16,25H,9-10,14H2,1H3. The number of aliphatic hydroxyl groups excluding tert-OH is 1. The maximum absolute atomic E-state index is 9.54. The SMILES string of the molecule is CC(O)CCc1cncn1Cc1cccc2cc3ccccc3cc12. The van der Waals surface area contributed by atoms with Gasteiger partial charge in [0.1, 0.15) is 0 Å². The lowest BCUT2D eigenvalue weighted by Gasteiger charge is -2.12. The second-order valence-electron chi connectivity index (χ2n) is 6.74. The normalized spacial score (nSPS) is 12.7. The molecule has 4 aromatic rings. The third-order valence-corrected chi connectivity index (χ3v) is 4.79. The number of aryl methyl sites for hydroxylation is 1. The highest BCUT2D eigenvalue weighted by molar-refractivity contribution is 5.99. The van der Waals surface area contributed by atoms with Crippen molar-refractivity contribution in [3.05, 3.63) is 78.4 Å². The highest BCUT2D eigenvalue weighted by Crippen LogP contribution is 2.26. The van der Waals surface area contributed by atoms with E-state index in [4.69, 9.17) is 0 Å². The average molecular weight is 330 g/mol. The molecule has 1 aromatic heterocycles. The molecule has 0 aliphatic carbocycles. The Morgan fingerprint density at radius 1 is 1.00 bits per heavy atom. The van der Waals surface area contributed by atoms with E-state index in [1.165, 1.54) is 32.8 Å². The summed E-state index contributed by atoms with van der Waals surface area (Å²) >= 11 is 0. The first-order valence-corrected chi connectivity index (χ1v) is 8.78. The Hall–Kier alpha value is -2.65. The zero-order valence-corrected chi connectivity index (χ0v) is 14.4. The summed E-state index contributed by atoms with van der Waals surface area (Å²) in [5.41, 5.74) is 2.46. The van der Waals surface area contributed by atoms with Crippen LogP contribution in [0.4, 0.5) is 0 Å². The molecule has 25 heavy (non-hydrogen) atoms. The van der Waals surface area contributed by atoms with Gasteiger partial charge in [0.05, 0.1) is 12.4 Å². The first-order valence-electron chi connectivity index (χ1n) is 8.78. The minimum atomic E-state index is -0.285. The molecule has 1 unspecified atom stereocenters. The first kappa shape index (κ1) is 15.9. The van der Waals surface area contributed by atoms with E-state index in [1.54, 1.807) is 0 Å². The lowest BCUT2D eigenvalue weighted by atomic mass is 9.99. The van der Waals surface area contributed by atoms with Crippen LogP contribution in [0.1, 0.15) is 24.6 Å². The van der Waals surface area contributed by atoms with Gasteiger partial charge in [-0.2, -0.15) is 0 Å². The molecule has 0 saturated heterocycles. The average Bonchev–Trinajstić information content (AvgIpc) is 3.06.